The first-order valence-corrected chi connectivity index (χ1v) is 12.7. The molecule has 0 saturated carbocycles. The number of carbonyl (C=O) groups is 2. The lowest BCUT2D eigenvalue weighted by Crippen LogP contribution is -2.26. The first-order chi connectivity index (χ1) is 19.9. The third-order valence-electron chi connectivity index (χ3n) is 7.26. The number of Topliss-reactive ketones (excluding diaryl/α,β-unsaturated/α-hetero) is 1. The van der Waals surface area contributed by atoms with Gasteiger partial charge in [-0.15, -0.1) is 0 Å². The second-order valence-corrected chi connectivity index (χ2v) is 9.46. The summed E-state index contributed by atoms with van der Waals surface area (Å²) in [6.07, 6.45) is 1.45. The Morgan fingerprint density at radius 3 is 2.39 bits per heavy atom. The van der Waals surface area contributed by atoms with E-state index < -0.39 is 11.9 Å². The lowest BCUT2D eigenvalue weighted by Gasteiger charge is -2.26. The van der Waals surface area contributed by atoms with E-state index in [4.69, 9.17) is 28.4 Å². The molecule has 0 radical (unpaired) electrons. The van der Waals surface area contributed by atoms with E-state index in [2.05, 4.69) is 4.98 Å². The molecule has 3 aromatic carbocycles. The monoisotopic (exact) mass is 555 g/mol. The van der Waals surface area contributed by atoms with Crippen LogP contribution in [0.25, 0.3) is 17.0 Å². The number of pyridine rings is 1. The quantitative estimate of drug-likeness (QED) is 0.206. The summed E-state index contributed by atoms with van der Waals surface area (Å²) in [6, 6.07) is 13.6. The smallest absolute Gasteiger partial charge is 0.312 e. The normalized spacial score (nSPS) is 16.6. The Hall–Kier alpha value is -5.25. The van der Waals surface area contributed by atoms with Gasteiger partial charge in [0.15, 0.2) is 17.3 Å². The molecule has 2 aliphatic heterocycles. The van der Waals surface area contributed by atoms with Crippen molar-refractivity contribution in [2.45, 2.75) is 12.3 Å². The summed E-state index contributed by atoms with van der Waals surface area (Å²) in [5, 5.41) is 0.756. The minimum absolute atomic E-state index is 0.0362. The van der Waals surface area contributed by atoms with E-state index in [0.717, 1.165) is 5.39 Å². The fraction of sp³-hybridized carbons (Fsp3) is 0.194. The van der Waals surface area contributed by atoms with Gasteiger partial charge in [-0.3, -0.25) is 14.4 Å². The number of hydrogen-bond donors (Lipinski definition) is 1. The molecule has 0 bridgehead atoms. The zero-order valence-electron chi connectivity index (χ0n) is 22.7. The van der Waals surface area contributed by atoms with E-state index in [1.165, 1.54) is 21.3 Å². The lowest BCUT2D eigenvalue weighted by atomic mass is 9.85. The van der Waals surface area contributed by atoms with Crippen LogP contribution in [-0.2, 0) is 4.79 Å². The van der Waals surface area contributed by atoms with Crippen molar-refractivity contribution in [1.82, 2.24) is 4.98 Å². The third kappa shape index (κ3) is 4.24. The Bertz CT molecular complexity index is 1840. The number of H-pyrrole nitrogens is 1. The van der Waals surface area contributed by atoms with Gasteiger partial charge in [0.2, 0.25) is 11.5 Å². The Morgan fingerprint density at radius 2 is 1.66 bits per heavy atom. The molecule has 4 aromatic rings. The molecule has 1 atom stereocenters. The molecule has 1 aromatic heterocycles. The highest BCUT2D eigenvalue weighted by molar-refractivity contribution is 6.15. The van der Waals surface area contributed by atoms with Gasteiger partial charge in [0.1, 0.15) is 17.2 Å². The molecule has 0 spiro atoms. The molecule has 2 aliphatic rings. The van der Waals surface area contributed by atoms with Crippen LogP contribution in [0.3, 0.4) is 0 Å². The summed E-state index contributed by atoms with van der Waals surface area (Å²) < 4.78 is 33.3. The number of aromatic nitrogens is 1. The van der Waals surface area contributed by atoms with Crippen molar-refractivity contribution in [2.75, 3.05) is 28.4 Å². The van der Waals surface area contributed by atoms with Crippen LogP contribution in [0.2, 0.25) is 0 Å². The minimum atomic E-state index is -0.709. The molecule has 10 nitrogen and oxygen atoms in total. The number of ether oxygens (including phenoxy) is 6. The minimum Gasteiger partial charge on any atom is -0.497 e. The number of methoxy groups -OCH3 is 4. The number of allylic oxidation sites excluding steroid dienone is 1. The molecule has 0 aliphatic carbocycles. The van der Waals surface area contributed by atoms with Gasteiger partial charge in [0.05, 0.1) is 45.9 Å². The van der Waals surface area contributed by atoms with E-state index in [9.17, 15) is 14.4 Å². The molecule has 10 heteroatoms. The van der Waals surface area contributed by atoms with Crippen LogP contribution in [-0.4, -0.2) is 45.2 Å². The first kappa shape index (κ1) is 26.0. The zero-order chi connectivity index (χ0) is 28.8. The second-order valence-electron chi connectivity index (χ2n) is 9.46. The summed E-state index contributed by atoms with van der Waals surface area (Å²) in [6.45, 7) is 0. The van der Waals surface area contributed by atoms with Crippen molar-refractivity contribution in [3.63, 3.8) is 0 Å². The van der Waals surface area contributed by atoms with Crippen LogP contribution in [0.5, 0.6) is 34.5 Å². The largest absolute Gasteiger partial charge is 0.497 e. The average Bonchev–Trinajstić information content (AvgIpc) is 3.30. The predicted molar refractivity (Wildman–Crippen MR) is 149 cm³/mol. The van der Waals surface area contributed by atoms with Gasteiger partial charge in [-0.1, -0.05) is 0 Å². The number of rotatable bonds is 6. The predicted octanol–water partition coefficient (Wildman–Crippen LogP) is 4.62. The summed E-state index contributed by atoms with van der Waals surface area (Å²) >= 11 is 0. The van der Waals surface area contributed by atoms with Crippen molar-refractivity contribution < 1.29 is 38.0 Å². The van der Waals surface area contributed by atoms with Crippen molar-refractivity contribution in [3.8, 4) is 34.5 Å². The Kier molecular flexibility index (Phi) is 6.37. The molecule has 0 unspecified atom stereocenters. The standard InChI is InChI=1S/C31H25NO9/c1-36-17-7-5-15-11-20(31(35)32-21(15)13-17)19-14-25(33)40-22-10-8-18-27(34)24(41-29(18)26(19)22)12-16-6-9-23(37-2)30(39-4)28(16)38-3/h5-13,19H,14H2,1-4H3,(H,32,35)/b24-12+/t19-/m0/s1. The Balaban J connectivity index is 1.47. The summed E-state index contributed by atoms with van der Waals surface area (Å²) in [4.78, 5) is 42.3. The number of benzene rings is 3. The molecule has 208 valence electrons. The van der Waals surface area contributed by atoms with Gasteiger partial charge in [0, 0.05) is 28.7 Å². The van der Waals surface area contributed by atoms with E-state index >= 15 is 0 Å². The molecular weight excluding hydrogens is 530 g/mol. The van der Waals surface area contributed by atoms with E-state index in [1.54, 1.807) is 55.7 Å². The van der Waals surface area contributed by atoms with Gasteiger partial charge in [-0.05, 0) is 53.9 Å². The lowest BCUT2D eigenvalue weighted by molar-refractivity contribution is -0.135. The van der Waals surface area contributed by atoms with Crippen molar-refractivity contribution in [2.24, 2.45) is 0 Å². The maximum absolute atomic E-state index is 13.5. The molecule has 41 heavy (non-hydrogen) atoms. The fourth-order valence-corrected chi connectivity index (χ4v) is 5.33. The van der Waals surface area contributed by atoms with Gasteiger partial charge in [-0.2, -0.15) is 0 Å². The molecule has 3 heterocycles. The fourth-order valence-electron chi connectivity index (χ4n) is 5.33. The summed E-state index contributed by atoms with van der Waals surface area (Å²) in [7, 11) is 6.03. The third-order valence-corrected chi connectivity index (χ3v) is 7.26. The van der Waals surface area contributed by atoms with Crippen LogP contribution in [0.4, 0.5) is 0 Å². The van der Waals surface area contributed by atoms with Crippen molar-refractivity contribution in [3.05, 3.63) is 86.9 Å². The van der Waals surface area contributed by atoms with E-state index in [1.807, 2.05) is 6.07 Å². The topological polar surface area (TPSA) is 122 Å². The molecule has 1 N–H and O–H groups in total. The van der Waals surface area contributed by atoms with Crippen LogP contribution in [0.1, 0.15) is 39.4 Å². The highest BCUT2D eigenvalue weighted by Crippen LogP contribution is 2.49. The number of aromatic amines is 1. The van der Waals surface area contributed by atoms with Crippen LogP contribution >= 0.6 is 0 Å². The maximum Gasteiger partial charge on any atom is 0.312 e. The van der Waals surface area contributed by atoms with Crippen molar-refractivity contribution in [1.29, 1.82) is 0 Å². The average molecular weight is 556 g/mol. The second kappa shape index (κ2) is 10.1. The maximum atomic E-state index is 13.5. The zero-order valence-corrected chi connectivity index (χ0v) is 22.7. The number of hydrogen-bond acceptors (Lipinski definition) is 9. The van der Waals surface area contributed by atoms with Gasteiger partial charge < -0.3 is 33.4 Å². The summed E-state index contributed by atoms with van der Waals surface area (Å²) in [5.74, 6) is 0.732. The molecule has 0 amide bonds. The number of nitrogens with one attached hydrogen (secondary N) is 1. The Morgan fingerprint density at radius 1 is 0.854 bits per heavy atom. The number of ketones is 1. The number of esters is 1. The van der Waals surface area contributed by atoms with E-state index in [0.29, 0.717) is 50.8 Å². The molecule has 6 rings (SSSR count). The van der Waals surface area contributed by atoms with E-state index in [-0.39, 0.29) is 35.0 Å². The van der Waals surface area contributed by atoms with Crippen LogP contribution in [0, 0.1) is 0 Å². The number of fused-ring (bicyclic) bond motifs is 4. The highest BCUT2D eigenvalue weighted by Gasteiger charge is 2.39. The molecule has 0 fully saturated rings. The molecular formula is C31H25NO9. The first-order valence-electron chi connectivity index (χ1n) is 12.7. The Labute approximate surface area is 234 Å². The van der Waals surface area contributed by atoms with Crippen LogP contribution in [0.15, 0.2) is 59.1 Å². The SMILES string of the molecule is COc1ccc2cc([C@@H]3CC(=O)Oc4ccc5c(c43)O/C(=C/c3ccc(OC)c(OC)c3OC)C5=O)c(=O)[nH]c2c1. The van der Waals surface area contributed by atoms with Crippen molar-refractivity contribution >= 4 is 28.7 Å². The van der Waals surface area contributed by atoms with Gasteiger partial charge >= 0.3 is 5.97 Å². The summed E-state index contributed by atoms with van der Waals surface area (Å²) in [5.41, 5.74) is 1.85. The van der Waals surface area contributed by atoms with Crippen LogP contribution < -0.4 is 34.0 Å². The molecule has 0 saturated heterocycles. The van der Waals surface area contributed by atoms with Gasteiger partial charge in [0.25, 0.3) is 5.56 Å². The number of carbonyl (C=O) groups excluding carboxylic acids is 2. The van der Waals surface area contributed by atoms with Gasteiger partial charge in [-0.25, -0.2) is 0 Å². The highest BCUT2D eigenvalue weighted by atomic mass is 16.5.